The molecule has 0 aromatic rings. The van der Waals surface area contributed by atoms with Crippen molar-refractivity contribution in [3.8, 4) is 0 Å². The summed E-state index contributed by atoms with van der Waals surface area (Å²) in [5, 5.41) is 0. The van der Waals surface area contributed by atoms with Gasteiger partial charge < -0.3 is 41.2 Å². The van der Waals surface area contributed by atoms with Crippen molar-refractivity contribution >= 4 is 5.91 Å². The quantitative estimate of drug-likeness (QED) is 0.525. The monoisotopic (exact) mass is 255 g/mol. The molecule has 0 aromatic carbocycles. The third-order valence-corrected chi connectivity index (χ3v) is 2.67. The van der Waals surface area contributed by atoms with E-state index in [1.165, 1.54) is 0 Å². The number of nitrogens with zero attached hydrogens (tertiary/aromatic N) is 1. The Kier molecular flexibility index (Phi) is 10.7. The number of piperidine rings is 1. The number of amides is 1. The zero-order valence-electron chi connectivity index (χ0n) is 8.79. The lowest BCUT2D eigenvalue weighted by Gasteiger charge is -2.30. The number of primary amides is 1. The Labute approximate surface area is 104 Å². The fraction of sp³-hybridized carbons (Fsp3) is 0.889. The lowest BCUT2D eigenvalue weighted by molar-refractivity contribution is -0.123. The van der Waals surface area contributed by atoms with E-state index < -0.39 is 0 Å². The first-order valence-corrected chi connectivity index (χ1v) is 4.95. The molecule has 92 valence electrons. The predicted molar refractivity (Wildman–Crippen MR) is 52.0 cm³/mol. The topological polar surface area (TPSA) is 72.3 Å². The van der Waals surface area contributed by atoms with Gasteiger partial charge in [0.05, 0.1) is 0 Å². The molecule has 6 heteroatoms. The van der Waals surface area contributed by atoms with E-state index in [1.54, 1.807) is 0 Å². The standard InChI is InChI=1S/C9H19N3O.2ClH/c10-4-1-5-12-6-2-8(3-7-12)9(11)13;;/h8H,1-7,10H2,(H2,11,13);2*1H/p-2. The normalized spacial score (nSPS) is 17.7. The summed E-state index contributed by atoms with van der Waals surface area (Å²) in [4.78, 5) is 13.2. The Hall–Kier alpha value is -0.0300. The van der Waals surface area contributed by atoms with E-state index in [4.69, 9.17) is 11.5 Å². The van der Waals surface area contributed by atoms with Gasteiger partial charge >= 0.3 is 0 Å². The van der Waals surface area contributed by atoms with E-state index in [-0.39, 0.29) is 36.6 Å². The highest BCUT2D eigenvalue weighted by Crippen LogP contribution is 2.16. The molecule has 0 spiro atoms. The molecule has 0 bridgehead atoms. The minimum absolute atomic E-state index is 0. The molecule has 1 aliphatic rings. The van der Waals surface area contributed by atoms with E-state index in [1.807, 2.05) is 0 Å². The number of halogens is 2. The van der Waals surface area contributed by atoms with Gasteiger partial charge in [0.25, 0.3) is 0 Å². The molecule has 4 N–H and O–H groups in total. The summed E-state index contributed by atoms with van der Waals surface area (Å²) in [7, 11) is 0. The van der Waals surface area contributed by atoms with Crippen LogP contribution in [-0.2, 0) is 4.79 Å². The maximum absolute atomic E-state index is 10.9. The molecule has 1 heterocycles. The van der Waals surface area contributed by atoms with Crippen molar-refractivity contribution in [2.24, 2.45) is 17.4 Å². The van der Waals surface area contributed by atoms with E-state index in [0.29, 0.717) is 0 Å². The molecule has 1 aliphatic heterocycles. The second-order valence-corrected chi connectivity index (χ2v) is 3.66. The first kappa shape index (κ1) is 17.4. The van der Waals surface area contributed by atoms with Crippen LogP contribution in [0.1, 0.15) is 19.3 Å². The minimum Gasteiger partial charge on any atom is -1.00 e. The minimum atomic E-state index is -0.140. The third-order valence-electron chi connectivity index (χ3n) is 2.67. The first-order chi connectivity index (χ1) is 6.24. The lowest BCUT2D eigenvalue weighted by atomic mass is 9.96. The average molecular weight is 256 g/mol. The predicted octanol–water partition coefficient (Wildman–Crippen LogP) is -6.46. The van der Waals surface area contributed by atoms with Crippen molar-refractivity contribution in [1.82, 2.24) is 4.90 Å². The van der Waals surface area contributed by atoms with Crippen molar-refractivity contribution in [3.05, 3.63) is 0 Å². The van der Waals surface area contributed by atoms with Crippen molar-refractivity contribution in [3.63, 3.8) is 0 Å². The average Bonchev–Trinajstić information content (AvgIpc) is 2.15. The third kappa shape index (κ3) is 6.20. The molecule has 4 nitrogen and oxygen atoms in total. The Morgan fingerprint density at radius 3 is 2.20 bits per heavy atom. The van der Waals surface area contributed by atoms with Crippen LogP contribution in [-0.4, -0.2) is 37.0 Å². The van der Waals surface area contributed by atoms with Gasteiger partial charge in [0.2, 0.25) is 5.91 Å². The largest absolute Gasteiger partial charge is 1.00 e. The second-order valence-electron chi connectivity index (χ2n) is 3.66. The Bertz CT molecular complexity index is 173. The van der Waals surface area contributed by atoms with Gasteiger partial charge in [0.15, 0.2) is 0 Å². The highest BCUT2D eigenvalue weighted by molar-refractivity contribution is 5.76. The van der Waals surface area contributed by atoms with Crippen LogP contribution in [0.2, 0.25) is 0 Å². The molecular formula is C9H19Cl2N3O-2. The van der Waals surface area contributed by atoms with Crippen LogP contribution >= 0.6 is 0 Å². The van der Waals surface area contributed by atoms with Crippen molar-refractivity contribution in [2.75, 3.05) is 26.2 Å². The number of rotatable bonds is 4. The van der Waals surface area contributed by atoms with Crippen LogP contribution in [0.15, 0.2) is 0 Å². The first-order valence-electron chi connectivity index (χ1n) is 4.95. The number of hydrogen-bond donors (Lipinski definition) is 2. The van der Waals surface area contributed by atoms with Crippen LogP contribution < -0.4 is 36.3 Å². The van der Waals surface area contributed by atoms with Crippen molar-refractivity contribution < 1.29 is 29.6 Å². The molecule has 0 aliphatic carbocycles. The molecule has 0 unspecified atom stereocenters. The SMILES string of the molecule is NCCCN1CCC(C(N)=O)CC1.[Cl-].[Cl-]. The molecule has 0 aromatic heterocycles. The molecule has 15 heavy (non-hydrogen) atoms. The highest BCUT2D eigenvalue weighted by Gasteiger charge is 2.22. The molecule has 0 atom stereocenters. The summed E-state index contributed by atoms with van der Waals surface area (Å²) in [6, 6.07) is 0. The van der Waals surface area contributed by atoms with E-state index in [2.05, 4.69) is 4.90 Å². The summed E-state index contributed by atoms with van der Waals surface area (Å²) >= 11 is 0. The number of likely N-dealkylation sites (tertiary alicyclic amines) is 1. The molecule has 1 rings (SSSR count). The summed E-state index contributed by atoms with van der Waals surface area (Å²) in [6.45, 7) is 3.79. The van der Waals surface area contributed by atoms with Crippen molar-refractivity contribution in [2.45, 2.75) is 19.3 Å². The van der Waals surface area contributed by atoms with E-state index in [9.17, 15) is 4.79 Å². The molecular weight excluding hydrogens is 237 g/mol. The van der Waals surface area contributed by atoms with E-state index >= 15 is 0 Å². The summed E-state index contributed by atoms with van der Waals surface area (Å²) in [6.07, 6.45) is 2.88. The second kappa shape index (κ2) is 9.21. The number of nitrogens with two attached hydrogens (primary N) is 2. The van der Waals surface area contributed by atoms with Crippen LogP contribution in [0.25, 0.3) is 0 Å². The Balaban J connectivity index is 0. The van der Waals surface area contributed by atoms with Crippen LogP contribution in [0, 0.1) is 5.92 Å². The van der Waals surface area contributed by atoms with Gasteiger partial charge in [-0.05, 0) is 45.4 Å². The van der Waals surface area contributed by atoms with Gasteiger partial charge in [-0.1, -0.05) is 0 Å². The van der Waals surface area contributed by atoms with Gasteiger partial charge in [-0.3, -0.25) is 4.79 Å². The maximum Gasteiger partial charge on any atom is 0.220 e. The summed E-state index contributed by atoms with van der Waals surface area (Å²) in [5.74, 6) is -0.0346. The Morgan fingerprint density at radius 2 is 1.80 bits per heavy atom. The van der Waals surface area contributed by atoms with Gasteiger partial charge in [0, 0.05) is 5.92 Å². The van der Waals surface area contributed by atoms with Crippen LogP contribution in [0.3, 0.4) is 0 Å². The van der Waals surface area contributed by atoms with Gasteiger partial charge in [-0.2, -0.15) is 0 Å². The van der Waals surface area contributed by atoms with Gasteiger partial charge in [0.1, 0.15) is 0 Å². The van der Waals surface area contributed by atoms with Crippen LogP contribution in [0.5, 0.6) is 0 Å². The highest BCUT2D eigenvalue weighted by atomic mass is 35.5. The van der Waals surface area contributed by atoms with Gasteiger partial charge in [-0.25, -0.2) is 0 Å². The van der Waals surface area contributed by atoms with Gasteiger partial charge in [-0.15, -0.1) is 0 Å². The number of carbonyl (C=O) groups is 1. The fourth-order valence-corrected chi connectivity index (χ4v) is 1.76. The molecule has 1 amide bonds. The molecule has 0 radical (unpaired) electrons. The summed E-state index contributed by atoms with van der Waals surface area (Å²) < 4.78 is 0. The van der Waals surface area contributed by atoms with Crippen molar-refractivity contribution in [1.29, 1.82) is 0 Å². The lowest BCUT2D eigenvalue weighted by Crippen LogP contribution is -3.00. The number of hydrogen-bond acceptors (Lipinski definition) is 3. The molecule has 1 saturated heterocycles. The fourth-order valence-electron chi connectivity index (χ4n) is 1.76. The molecule has 1 fully saturated rings. The zero-order chi connectivity index (χ0) is 9.68. The van der Waals surface area contributed by atoms with Crippen LogP contribution in [0.4, 0.5) is 0 Å². The smallest absolute Gasteiger partial charge is 0.220 e. The maximum atomic E-state index is 10.9. The summed E-state index contributed by atoms with van der Waals surface area (Å²) in [5.41, 5.74) is 10.7. The zero-order valence-corrected chi connectivity index (χ0v) is 10.3. The molecule has 0 saturated carbocycles. The van der Waals surface area contributed by atoms with E-state index in [0.717, 1.165) is 45.4 Å². The number of carbonyl (C=O) groups excluding carboxylic acids is 1. The Morgan fingerprint density at radius 1 is 1.27 bits per heavy atom.